The van der Waals surface area contributed by atoms with E-state index in [-0.39, 0.29) is 17.6 Å². The first-order chi connectivity index (χ1) is 12.4. The van der Waals surface area contributed by atoms with Crippen molar-refractivity contribution in [2.45, 2.75) is 13.3 Å². The molecule has 4 nitrogen and oxygen atoms in total. The molecular weight excluding hydrogens is 378 g/mol. The van der Waals surface area contributed by atoms with E-state index in [1.165, 1.54) is 25.1 Å². The molecule has 0 saturated carbocycles. The number of benzene rings is 2. The highest BCUT2D eigenvalue weighted by Gasteiger charge is 2.11. The number of hydrogen-bond acceptors (Lipinski definition) is 2. The minimum Gasteiger partial charge on any atom is -0.350 e. The van der Waals surface area contributed by atoms with Crippen molar-refractivity contribution in [2.24, 2.45) is 0 Å². The molecule has 1 N–H and O–H groups in total. The lowest BCUT2D eigenvalue weighted by atomic mass is 10.1. The molecule has 0 aliphatic heterocycles. The number of amides is 2. The number of nitrogens with one attached hydrogen (secondary N) is 1. The SMILES string of the molecule is CC(=O)N(CCNC(=O)c1ccc(Cl)c(Cl)c1)CCc1ccc(F)cc1. The monoisotopic (exact) mass is 396 g/mol. The average Bonchev–Trinajstić information content (AvgIpc) is 2.61. The molecule has 0 aromatic heterocycles. The van der Waals surface area contributed by atoms with Crippen LogP contribution in [0.3, 0.4) is 0 Å². The van der Waals surface area contributed by atoms with Gasteiger partial charge in [-0.25, -0.2) is 4.39 Å². The van der Waals surface area contributed by atoms with Crippen LogP contribution in [0.1, 0.15) is 22.8 Å². The van der Waals surface area contributed by atoms with Gasteiger partial charge in [0.2, 0.25) is 5.91 Å². The van der Waals surface area contributed by atoms with Crippen LogP contribution in [0.4, 0.5) is 4.39 Å². The van der Waals surface area contributed by atoms with E-state index in [0.717, 1.165) is 5.56 Å². The van der Waals surface area contributed by atoms with Gasteiger partial charge in [-0.1, -0.05) is 35.3 Å². The van der Waals surface area contributed by atoms with E-state index in [0.29, 0.717) is 41.7 Å². The summed E-state index contributed by atoms with van der Waals surface area (Å²) >= 11 is 11.7. The Morgan fingerprint density at radius 2 is 1.73 bits per heavy atom. The van der Waals surface area contributed by atoms with Gasteiger partial charge in [0.1, 0.15) is 5.82 Å². The Morgan fingerprint density at radius 1 is 1.04 bits per heavy atom. The second-order valence-corrected chi connectivity index (χ2v) is 6.58. The van der Waals surface area contributed by atoms with Crippen molar-refractivity contribution in [3.05, 3.63) is 69.5 Å². The topological polar surface area (TPSA) is 49.4 Å². The summed E-state index contributed by atoms with van der Waals surface area (Å²) in [7, 11) is 0. The first kappa shape index (κ1) is 20.2. The van der Waals surface area contributed by atoms with Crippen molar-refractivity contribution in [1.82, 2.24) is 10.2 Å². The Hall–Kier alpha value is -2.11. The van der Waals surface area contributed by atoms with E-state index in [4.69, 9.17) is 23.2 Å². The number of nitrogens with zero attached hydrogens (tertiary/aromatic N) is 1. The highest BCUT2D eigenvalue weighted by Crippen LogP contribution is 2.22. The molecule has 0 heterocycles. The normalized spacial score (nSPS) is 10.5. The first-order valence-corrected chi connectivity index (χ1v) is 8.85. The number of rotatable bonds is 7. The minimum absolute atomic E-state index is 0.0871. The second kappa shape index (κ2) is 9.55. The van der Waals surface area contributed by atoms with E-state index in [9.17, 15) is 14.0 Å². The molecule has 7 heteroatoms. The fraction of sp³-hybridized carbons (Fsp3) is 0.263. The van der Waals surface area contributed by atoms with Gasteiger partial charge in [0.25, 0.3) is 5.91 Å². The summed E-state index contributed by atoms with van der Waals surface area (Å²) in [6.07, 6.45) is 0.612. The van der Waals surface area contributed by atoms with E-state index < -0.39 is 0 Å². The smallest absolute Gasteiger partial charge is 0.251 e. The van der Waals surface area contributed by atoms with Gasteiger partial charge in [-0.3, -0.25) is 9.59 Å². The summed E-state index contributed by atoms with van der Waals surface area (Å²) in [5.41, 5.74) is 1.34. The third-order valence-corrected chi connectivity index (χ3v) is 4.62. The standard InChI is InChI=1S/C19H19Cl2FN2O2/c1-13(25)24(10-8-14-2-5-16(22)6-3-14)11-9-23-19(26)15-4-7-17(20)18(21)12-15/h2-7,12H,8-11H2,1H3,(H,23,26). The van der Waals surface area contributed by atoms with Crippen LogP contribution in [-0.2, 0) is 11.2 Å². The van der Waals surface area contributed by atoms with Gasteiger partial charge < -0.3 is 10.2 Å². The van der Waals surface area contributed by atoms with Crippen LogP contribution < -0.4 is 5.32 Å². The predicted octanol–water partition coefficient (Wildman–Crippen LogP) is 3.95. The lowest BCUT2D eigenvalue weighted by Gasteiger charge is -2.21. The van der Waals surface area contributed by atoms with Crippen molar-refractivity contribution in [1.29, 1.82) is 0 Å². The van der Waals surface area contributed by atoms with Gasteiger partial charge >= 0.3 is 0 Å². The minimum atomic E-state index is -0.290. The fourth-order valence-corrected chi connectivity index (χ4v) is 2.68. The molecule has 26 heavy (non-hydrogen) atoms. The molecule has 2 aromatic rings. The Kier molecular flexibility index (Phi) is 7.42. The van der Waals surface area contributed by atoms with Crippen molar-refractivity contribution in [2.75, 3.05) is 19.6 Å². The molecule has 0 aliphatic rings. The zero-order valence-electron chi connectivity index (χ0n) is 14.3. The second-order valence-electron chi connectivity index (χ2n) is 5.77. The number of hydrogen-bond donors (Lipinski definition) is 1. The van der Waals surface area contributed by atoms with Crippen molar-refractivity contribution < 1.29 is 14.0 Å². The van der Waals surface area contributed by atoms with Crippen LogP contribution in [0, 0.1) is 5.82 Å². The van der Waals surface area contributed by atoms with Crippen LogP contribution in [0.15, 0.2) is 42.5 Å². The summed E-state index contributed by atoms with van der Waals surface area (Å²) in [4.78, 5) is 25.5. The van der Waals surface area contributed by atoms with E-state index in [1.54, 1.807) is 29.2 Å². The summed E-state index contributed by atoms with van der Waals surface area (Å²) < 4.78 is 12.9. The van der Waals surface area contributed by atoms with Crippen molar-refractivity contribution >= 4 is 35.0 Å². The Balaban J connectivity index is 1.83. The molecule has 0 aliphatic carbocycles. The van der Waals surface area contributed by atoms with Crippen LogP contribution in [0.2, 0.25) is 10.0 Å². The zero-order chi connectivity index (χ0) is 19.1. The number of carbonyl (C=O) groups is 2. The third kappa shape index (κ3) is 6.00. The predicted molar refractivity (Wildman–Crippen MR) is 101 cm³/mol. The molecule has 0 radical (unpaired) electrons. The molecular formula is C19H19Cl2FN2O2. The van der Waals surface area contributed by atoms with Gasteiger partial charge in [-0.05, 0) is 42.3 Å². The average molecular weight is 397 g/mol. The quantitative estimate of drug-likeness (QED) is 0.769. The Morgan fingerprint density at radius 3 is 2.35 bits per heavy atom. The van der Waals surface area contributed by atoms with Gasteiger partial charge in [-0.2, -0.15) is 0 Å². The zero-order valence-corrected chi connectivity index (χ0v) is 15.8. The largest absolute Gasteiger partial charge is 0.350 e. The summed E-state index contributed by atoms with van der Waals surface area (Å²) in [5.74, 6) is -0.663. The maximum Gasteiger partial charge on any atom is 0.251 e. The summed E-state index contributed by atoms with van der Waals surface area (Å²) in [5, 5.41) is 3.44. The van der Waals surface area contributed by atoms with Crippen LogP contribution >= 0.6 is 23.2 Å². The Bertz CT molecular complexity index is 782. The van der Waals surface area contributed by atoms with Crippen molar-refractivity contribution in [3.8, 4) is 0 Å². The van der Waals surface area contributed by atoms with Crippen molar-refractivity contribution in [3.63, 3.8) is 0 Å². The molecule has 0 saturated heterocycles. The van der Waals surface area contributed by atoms with Crippen LogP contribution in [0.5, 0.6) is 0 Å². The molecule has 0 unspecified atom stereocenters. The van der Waals surface area contributed by atoms with Gasteiger partial charge in [-0.15, -0.1) is 0 Å². The highest BCUT2D eigenvalue weighted by molar-refractivity contribution is 6.42. The molecule has 0 atom stereocenters. The van der Waals surface area contributed by atoms with Gasteiger partial charge in [0.15, 0.2) is 0 Å². The number of halogens is 3. The van der Waals surface area contributed by atoms with Gasteiger partial charge in [0, 0.05) is 32.1 Å². The molecule has 0 fully saturated rings. The summed E-state index contributed by atoms with van der Waals surface area (Å²) in [6.45, 7) is 2.65. The molecule has 0 bridgehead atoms. The Labute approximate surface area is 161 Å². The van der Waals surface area contributed by atoms with E-state index >= 15 is 0 Å². The highest BCUT2D eigenvalue weighted by atomic mass is 35.5. The molecule has 2 amide bonds. The first-order valence-electron chi connectivity index (χ1n) is 8.10. The van der Waals surface area contributed by atoms with Crippen LogP contribution in [-0.4, -0.2) is 36.3 Å². The lowest BCUT2D eigenvalue weighted by molar-refractivity contribution is -0.128. The molecule has 2 aromatic carbocycles. The molecule has 2 rings (SSSR count). The molecule has 138 valence electrons. The third-order valence-electron chi connectivity index (χ3n) is 3.88. The van der Waals surface area contributed by atoms with Crippen LogP contribution in [0.25, 0.3) is 0 Å². The maximum absolute atomic E-state index is 12.9. The summed E-state index contributed by atoms with van der Waals surface area (Å²) in [6, 6.07) is 10.8. The van der Waals surface area contributed by atoms with E-state index in [2.05, 4.69) is 5.32 Å². The maximum atomic E-state index is 12.9. The number of carbonyl (C=O) groups excluding carboxylic acids is 2. The lowest BCUT2D eigenvalue weighted by Crippen LogP contribution is -2.38. The molecule has 0 spiro atoms. The fourth-order valence-electron chi connectivity index (χ4n) is 2.39. The van der Waals surface area contributed by atoms with Gasteiger partial charge in [0.05, 0.1) is 10.0 Å². The van der Waals surface area contributed by atoms with E-state index in [1.807, 2.05) is 0 Å².